The zero-order chi connectivity index (χ0) is 8.67. The number of hydrogen-bond acceptors (Lipinski definition) is 1. The van der Waals surface area contributed by atoms with Gasteiger partial charge >= 0.3 is 0 Å². The van der Waals surface area contributed by atoms with Crippen LogP contribution in [0.4, 0.5) is 0 Å². The second-order valence-corrected chi connectivity index (χ2v) is 3.72. The average molecular weight is 209 g/mol. The fourth-order valence-electron chi connectivity index (χ4n) is 2.30. The minimum Gasteiger partial charge on any atom is -0.489 e. The van der Waals surface area contributed by atoms with Crippen LogP contribution in [0.2, 0.25) is 0 Å². The highest BCUT2D eigenvalue weighted by Gasteiger charge is 2.22. The second-order valence-electron chi connectivity index (χ2n) is 3.72. The summed E-state index contributed by atoms with van der Waals surface area (Å²) in [5.74, 6) is 1.07. The van der Waals surface area contributed by atoms with Gasteiger partial charge < -0.3 is 4.74 Å². The smallest absolute Gasteiger partial charge is 0.127 e. The fraction of sp³-hybridized carbons (Fsp3) is 0.333. The summed E-state index contributed by atoms with van der Waals surface area (Å²) in [5.41, 5.74) is 4.42. The Bertz CT molecular complexity index is 382. The molecule has 0 bridgehead atoms. The number of halogens is 1. The van der Waals surface area contributed by atoms with Crippen molar-refractivity contribution in [3.63, 3.8) is 0 Å². The van der Waals surface area contributed by atoms with Crippen molar-refractivity contribution in [1.82, 2.24) is 0 Å². The van der Waals surface area contributed by atoms with Gasteiger partial charge in [-0.3, -0.25) is 0 Å². The van der Waals surface area contributed by atoms with Crippen molar-refractivity contribution in [3.05, 3.63) is 35.4 Å². The lowest BCUT2D eigenvalue weighted by Crippen LogP contribution is -2.07. The molecule has 3 rings (SSSR count). The highest BCUT2D eigenvalue weighted by molar-refractivity contribution is 5.85. The molecule has 74 valence electrons. The molecule has 0 fully saturated rings. The zero-order valence-corrected chi connectivity index (χ0v) is 8.77. The van der Waals surface area contributed by atoms with Crippen LogP contribution in [0.5, 0.6) is 5.75 Å². The molecule has 1 aromatic carbocycles. The molecule has 0 aromatic heterocycles. The van der Waals surface area contributed by atoms with Gasteiger partial charge in [0.25, 0.3) is 0 Å². The highest BCUT2D eigenvalue weighted by Crippen LogP contribution is 2.41. The molecule has 1 heterocycles. The highest BCUT2D eigenvalue weighted by atomic mass is 35.5. The second kappa shape index (κ2) is 3.66. The predicted molar refractivity (Wildman–Crippen MR) is 60.0 cm³/mol. The van der Waals surface area contributed by atoms with E-state index in [1.54, 1.807) is 5.57 Å². The third-order valence-corrected chi connectivity index (χ3v) is 2.95. The van der Waals surface area contributed by atoms with Gasteiger partial charge in [-0.25, -0.2) is 0 Å². The summed E-state index contributed by atoms with van der Waals surface area (Å²) in [4.78, 5) is 0. The SMILES string of the molecule is Cl.c1ccc2c(c1)OCC1=C2CCC1. The first-order valence-corrected chi connectivity index (χ1v) is 4.88. The van der Waals surface area contributed by atoms with Crippen LogP contribution in [0.25, 0.3) is 5.57 Å². The summed E-state index contributed by atoms with van der Waals surface area (Å²) in [6.07, 6.45) is 3.79. The molecule has 1 nitrogen and oxygen atoms in total. The lowest BCUT2D eigenvalue weighted by Gasteiger charge is -2.19. The average Bonchev–Trinajstić information content (AvgIpc) is 2.65. The van der Waals surface area contributed by atoms with E-state index in [9.17, 15) is 0 Å². The molecule has 0 atom stereocenters. The van der Waals surface area contributed by atoms with Crippen LogP contribution in [0, 0.1) is 0 Å². The molecule has 0 saturated heterocycles. The Hall–Kier alpha value is -0.950. The maximum atomic E-state index is 5.68. The van der Waals surface area contributed by atoms with Crippen molar-refractivity contribution in [2.45, 2.75) is 19.3 Å². The van der Waals surface area contributed by atoms with Crippen LogP contribution in [0.3, 0.4) is 0 Å². The lowest BCUT2D eigenvalue weighted by atomic mass is 9.99. The van der Waals surface area contributed by atoms with Crippen molar-refractivity contribution in [1.29, 1.82) is 0 Å². The van der Waals surface area contributed by atoms with Gasteiger partial charge in [-0.05, 0) is 36.5 Å². The largest absolute Gasteiger partial charge is 0.489 e. The molecule has 0 spiro atoms. The number of allylic oxidation sites excluding steroid dienone is 1. The summed E-state index contributed by atoms with van der Waals surface area (Å²) in [6, 6.07) is 8.38. The van der Waals surface area contributed by atoms with E-state index in [0.717, 1.165) is 12.4 Å². The Kier molecular flexibility index (Phi) is 2.51. The first kappa shape index (κ1) is 9.60. The molecule has 0 saturated carbocycles. The summed E-state index contributed by atoms with van der Waals surface area (Å²) in [6.45, 7) is 0.826. The minimum absolute atomic E-state index is 0. The Morgan fingerprint density at radius 3 is 2.86 bits per heavy atom. The van der Waals surface area contributed by atoms with Gasteiger partial charge in [0.05, 0.1) is 0 Å². The third-order valence-electron chi connectivity index (χ3n) is 2.95. The van der Waals surface area contributed by atoms with E-state index in [0.29, 0.717) is 0 Å². The molecular weight excluding hydrogens is 196 g/mol. The van der Waals surface area contributed by atoms with Gasteiger partial charge in [-0.1, -0.05) is 18.2 Å². The number of rotatable bonds is 0. The number of benzene rings is 1. The summed E-state index contributed by atoms with van der Waals surface area (Å²) in [7, 11) is 0. The number of hydrogen-bond donors (Lipinski definition) is 0. The molecule has 2 heteroatoms. The molecule has 0 unspecified atom stereocenters. The molecule has 14 heavy (non-hydrogen) atoms. The van der Waals surface area contributed by atoms with Gasteiger partial charge in [-0.2, -0.15) is 0 Å². The quantitative estimate of drug-likeness (QED) is 0.635. The molecule has 0 N–H and O–H groups in total. The number of para-hydroxylation sites is 1. The monoisotopic (exact) mass is 208 g/mol. The van der Waals surface area contributed by atoms with E-state index in [1.165, 1.54) is 30.4 Å². The fourth-order valence-corrected chi connectivity index (χ4v) is 2.30. The molecule has 2 aliphatic rings. The van der Waals surface area contributed by atoms with E-state index in [1.807, 2.05) is 6.07 Å². The molecule has 1 aliphatic heterocycles. The van der Waals surface area contributed by atoms with Gasteiger partial charge in [0, 0.05) is 5.56 Å². The Balaban J connectivity index is 0.000000750. The molecule has 0 amide bonds. The number of fused-ring (bicyclic) bond motifs is 2. The van der Waals surface area contributed by atoms with Gasteiger partial charge in [0.2, 0.25) is 0 Å². The van der Waals surface area contributed by atoms with Crippen molar-refractivity contribution in [2.75, 3.05) is 6.61 Å². The standard InChI is InChI=1S/C12H12O.ClH/c1-2-7-12-11(5-1)10-6-3-4-9(10)8-13-12;/h1-2,5,7H,3-4,6,8H2;1H. The predicted octanol–water partition coefficient (Wildman–Crippen LogP) is 3.44. The van der Waals surface area contributed by atoms with E-state index in [4.69, 9.17) is 4.74 Å². The maximum absolute atomic E-state index is 5.68. The topological polar surface area (TPSA) is 9.23 Å². The van der Waals surface area contributed by atoms with Crippen LogP contribution in [0.15, 0.2) is 29.8 Å². The normalized spacial score (nSPS) is 18.0. The lowest BCUT2D eigenvalue weighted by molar-refractivity contribution is 0.344. The first-order chi connectivity index (χ1) is 6.45. The molecule has 1 aromatic rings. The van der Waals surface area contributed by atoms with Gasteiger partial charge in [0.15, 0.2) is 0 Å². The van der Waals surface area contributed by atoms with Crippen LogP contribution in [-0.4, -0.2) is 6.61 Å². The number of ether oxygens (including phenoxy) is 1. The van der Waals surface area contributed by atoms with E-state index in [-0.39, 0.29) is 12.4 Å². The Morgan fingerprint density at radius 1 is 1.07 bits per heavy atom. The van der Waals surface area contributed by atoms with Gasteiger partial charge in [-0.15, -0.1) is 12.4 Å². The van der Waals surface area contributed by atoms with Crippen LogP contribution < -0.4 is 4.74 Å². The van der Waals surface area contributed by atoms with Crippen LogP contribution >= 0.6 is 12.4 Å². The van der Waals surface area contributed by atoms with Crippen molar-refractivity contribution in [2.24, 2.45) is 0 Å². The zero-order valence-electron chi connectivity index (χ0n) is 7.95. The molecule has 0 radical (unpaired) electrons. The summed E-state index contributed by atoms with van der Waals surface area (Å²) >= 11 is 0. The minimum atomic E-state index is 0. The summed E-state index contributed by atoms with van der Waals surface area (Å²) in [5, 5.41) is 0. The Labute approximate surface area is 90.2 Å². The van der Waals surface area contributed by atoms with Gasteiger partial charge in [0.1, 0.15) is 12.4 Å². The Morgan fingerprint density at radius 2 is 1.93 bits per heavy atom. The van der Waals surface area contributed by atoms with Crippen molar-refractivity contribution >= 4 is 18.0 Å². The third kappa shape index (κ3) is 1.32. The van der Waals surface area contributed by atoms with Crippen LogP contribution in [0.1, 0.15) is 24.8 Å². The van der Waals surface area contributed by atoms with Crippen molar-refractivity contribution < 1.29 is 4.74 Å². The maximum Gasteiger partial charge on any atom is 0.127 e. The van der Waals surface area contributed by atoms with E-state index in [2.05, 4.69) is 18.2 Å². The van der Waals surface area contributed by atoms with Crippen LogP contribution in [-0.2, 0) is 0 Å². The summed E-state index contributed by atoms with van der Waals surface area (Å²) < 4.78 is 5.68. The molecular formula is C12H13ClO. The van der Waals surface area contributed by atoms with E-state index >= 15 is 0 Å². The van der Waals surface area contributed by atoms with Crippen molar-refractivity contribution in [3.8, 4) is 5.75 Å². The first-order valence-electron chi connectivity index (χ1n) is 4.88. The molecule has 1 aliphatic carbocycles. The van der Waals surface area contributed by atoms with E-state index < -0.39 is 0 Å².